The van der Waals surface area contributed by atoms with Crippen LogP contribution in [0.3, 0.4) is 0 Å². The fourth-order valence-corrected chi connectivity index (χ4v) is 3.76. The number of aromatic nitrogens is 1. The van der Waals surface area contributed by atoms with Crippen molar-refractivity contribution in [2.45, 2.75) is 46.0 Å². The van der Waals surface area contributed by atoms with E-state index >= 15 is 0 Å². The molecule has 1 aromatic heterocycles. The van der Waals surface area contributed by atoms with Crippen LogP contribution in [0.4, 0.5) is 5.13 Å². The number of nitrogens with two attached hydrogens (primary N) is 1. The second kappa shape index (κ2) is 2.72. The van der Waals surface area contributed by atoms with Gasteiger partial charge in [-0.3, -0.25) is 0 Å². The number of thiazole rings is 1. The van der Waals surface area contributed by atoms with Crippen LogP contribution in [-0.4, -0.2) is 4.98 Å². The number of fused-ring (bicyclic) bond motifs is 1. The minimum atomic E-state index is 0.242. The Morgan fingerprint density at radius 3 is 2.57 bits per heavy atom. The van der Waals surface area contributed by atoms with Crippen molar-refractivity contribution >= 4 is 16.5 Å². The van der Waals surface area contributed by atoms with Gasteiger partial charge in [-0.15, -0.1) is 11.3 Å². The predicted molar refractivity (Wildman–Crippen MR) is 61.7 cm³/mol. The van der Waals surface area contributed by atoms with Crippen molar-refractivity contribution < 1.29 is 0 Å². The molecular formula is C11H18N2S. The summed E-state index contributed by atoms with van der Waals surface area (Å²) in [5, 5.41) is 0.723. The summed E-state index contributed by atoms with van der Waals surface area (Å²) in [7, 11) is 0. The van der Waals surface area contributed by atoms with Crippen LogP contribution in [0.1, 0.15) is 44.7 Å². The topological polar surface area (TPSA) is 38.9 Å². The van der Waals surface area contributed by atoms with Gasteiger partial charge in [0.15, 0.2) is 5.13 Å². The van der Waals surface area contributed by atoms with E-state index in [0.717, 1.165) is 11.6 Å². The number of nitrogens with zero attached hydrogens (tertiary/aromatic N) is 1. The molecule has 2 N–H and O–H groups in total. The van der Waals surface area contributed by atoms with Gasteiger partial charge in [0, 0.05) is 10.3 Å². The fraction of sp³-hybridized carbons (Fsp3) is 0.727. The molecule has 1 heterocycles. The van der Waals surface area contributed by atoms with E-state index in [2.05, 4.69) is 32.7 Å². The lowest BCUT2D eigenvalue weighted by atomic mass is 9.67. The molecule has 14 heavy (non-hydrogen) atoms. The first-order valence-electron chi connectivity index (χ1n) is 5.06. The zero-order valence-electron chi connectivity index (χ0n) is 9.35. The van der Waals surface area contributed by atoms with Crippen molar-refractivity contribution in [1.82, 2.24) is 4.98 Å². The first kappa shape index (κ1) is 9.97. The van der Waals surface area contributed by atoms with Gasteiger partial charge >= 0.3 is 0 Å². The highest BCUT2D eigenvalue weighted by Crippen LogP contribution is 2.47. The molecule has 3 heteroatoms. The third-order valence-corrected chi connectivity index (χ3v) is 4.19. The van der Waals surface area contributed by atoms with Gasteiger partial charge in [-0.1, -0.05) is 27.7 Å². The largest absolute Gasteiger partial charge is 0.375 e. The lowest BCUT2D eigenvalue weighted by molar-refractivity contribution is 0.232. The van der Waals surface area contributed by atoms with Gasteiger partial charge in [0.25, 0.3) is 0 Å². The average Bonchev–Trinajstić information content (AvgIpc) is 2.25. The van der Waals surface area contributed by atoms with Crippen LogP contribution in [0.5, 0.6) is 0 Å². The number of anilines is 1. The molecule has 0 bridgehead atoms. The van der Waals surface area contributed by atoms with E-state index in [-0.39, 0.29) is 5.41 Å². The Labute approximate surface area is 89.5 Å². The quantitative estimate of drug-likeness (QED) is 0.715. The fourth-order valence-electron chi connectivity index (χ4n) is 2.81. The molecule has 2 rings (SSSR count). The molecule has 78 valence electrons. The molecule has 0 saturated carbocycles. The number of hydrogen-bond donors (Lipinski definition) is 1. The molecule has 1 aromatic rings. The molecule has 0 unspecified atom stereocenters. The highest BCUT2D eigenvalue weighted by molar-refractivity contribution is 7.15. The third kappa shape index (κ3) is 1.54. The van der Waals surface area contributed by atoms with Gasteiger partial charge in [-0.25, -0.2) is 4.98 Å². The van der Waals surface area contributed by atoms with E-state index in [9.17, 15) is 0 Å². The first-order valence-corrected chi connectivity index (χ1v) is 5.87. The smallest absolute Gasteiger partial charge is 0.180 e. The second-order valence-electron chi connectivity index (χ2n) is 5.73. The minimum absolute atomic E-state index is 0.242. The molecule has 1 aliphatic carbocycles. The van der Waals surface area contributed by atoms with Crippen LogP contribution in [0.2, 0.25) is 0 Å². The molecule has 2 nitrogen and oxygen atoms in total. The Balaban J connectivity index is 2.52. The number of nitrogen functional groups attached to an aromatic ring is 1. The molecule has 0 spiro atoms. The van der Waals surface area contributed by atoms with Crippen molar-refractivity contribution in [2.24, 2.45) is 5.41 Å². The van der Waals surface area contributed by atoms with Crippen LogP contribution < -0.4 is 5.73 Å². The highest BCUT2D eigenvalue weighted by atomic mass is 32.1. The van der Waals surface area contributed by atoms with Crippen LogP contribution in [-0.2, 0) is 11.8 Å². The maximum Gasteiger partial charge on any atom is 0.180 e. The Bertz CT molecular complexity index is 363. The molecule has 0 saturated heterocycles. The van der Waals surface area contributed by atoms with Gasteiger partial charge in [0.2, 0.25) is 0 Å². The predicted octanol–water partition coefficient (Wildman–Crippen LogP) is 2.98. The third-order valence-electron chi connectivity index (χ3n) is 2.90. The first-order chi connectivity index (χ1) is 6.30. The van der Waals surface area contributed by atoms with Crippen molar-refractivity contribution in [3.05, 3.63) is 10.6 Å². The summed E-state index contributed by atoms with van der Waals surface area (Å²) in [5.41, 5.74) is 7.61. The SMILES string of the molecule is CC1(C)Cc2nc(N)sc2C(C)(C)C1. The molecular weight excluding hydrogens is 192 g/mol. The zero-order valence-corrected chi connectivity index (χ0v) is 10.2. The monoisotopic (exact) mass is 210 g/mol. The summed E-state index contributed by atoms with van der Waals surface area (Å²) < 4.78 is 0. The molecule has 0 atom stereocenters. The highest BCUT2D eigenvalue weighted by Gasteiger charge is 2.39. The second-order valence-corrected chi connectivity index (χ2v) is 6.76. The lowest BCUT2D eigenvalue weighted by Crippen LogP contribution is -2.33. The molecule has 0 aliphatic heterocycles. The van der Waals surface area contributed by atoms with Crippen molar-refractivity contribution in [3.8, 4) is 0 Å². The summed E-state index contributed by atoms with van der Waals surface area (Å²) in [4.78, 5) is 5.84. The maximum absolute atomic E-state index is 5.78. The zero-order chi connectivity index (χ0) is 10.6. The Morgan fingerprint density at radius 1 is 1.29 bits per heavy atom. The maximum atomic E-state index is 5.78. The van der Waals surface area contributed by atoms with Gasteiger partial charge < -0.3 is 5.73 Å². The summed E-state index contributed by atoms with van der Waals surface area (Å²) >= 11 is 1.66. The van der Waals surface area contributed by atoms with E-state index in [4.69, 9.17) is 5.73 Å². The van der Waals surface area contributed by atoms with Crippen LogP contribution in [0.15, 0.2) is 0 Å². The van der Waals surface area contributed by atoms with Gasteiger partial charge in [-0.05, 0) is 18.3 Å². The summed E-state index contributed by atoms with van der Waals surface area (Å²) in [6.07, 6.45) is 2.29. The van der Waals surface area contributed by atoms with E-state index < -0.39 is 0 Å². The molecule has 0 aromatic carbocycles. The van der Waals surface area contributed by atoms with Crippen LogP contribution in [0.25, 0.3) is 0 Å². The molecule has 0 amide bonds. The van der Waals surface area contributed by atoms with Crippen molar-refractivity contribution in [1.29, 1.82) is 0 Å². The normalized spacial score (nSPS) is 23.1. The standard InChI is InChI=1S/C11H18N2S/c1-10(2)5-7-8(11(3,4)6-10)14-9(12)13-7/h5-6H2,1-4H3,(H2,12,13). The van der Waals surface area contributed by atoms with E-state index in [0.29, 0.717) is 5.41 Å². The number of rotatable bonds is 0. The average molecular weight is 210 g/mol. The minimum Gasteiger partial charge on any atom is -0.375 e. The Kier molecular flexibility index (Phi) is 1.94. The molecule has 1 aliphatic rings. The number of hydrogen-bond acceptors (Lipinski definition) is 3. The van der Waals surface area contributed by atoms with Crippen molar-refractivity contribution in [3.63, 3.8) is 0 Å². The van der Waals surface area contributed by atoms with Crippen LogP contribution in [0, 0.1) is 5.41 Å². The Hall–Kier alpha value is -0.570. The van der Waals surface area contributed by atoms with E-state index in [1.807, 2.05) is 0 Å². The van der Waals surface area contributed by atoms with Gasteiger partial charge in [0.05, 0.1) is 5.69 Å². The summed E-state index contributed by atoms with van der Waals surface area (Å²) in [5.74, 6) is 0. The lowest BCUT2D eigenvalue weighted by Gasteiger charge is -2.39. The van der Waals surface area contributed by atoms with E-state index in [1.165, 1.54) is 17.0 Å². The van der Waals surface area contributed by atoms with E-state index in [1.54, 1.807) is 11.3 Å². The molecule has 0 fully saturated rings. The summed E-state index contributed by atoms with van der Waals surface area (Å²) in [6.45, 7) is 9.22. The Morgan fingerprint density at radius 2 is 1.93 bits per heavy atom. The summed E-state index contributed by atoms with van der Waals surface area (Å²) in [6, 6.07) is 0. The van der Waals surface area contributed by atoms with Gasteiger partial charge in [0.1, 0.15) is 0 Å². The molecule has 0 radical (unpaired) electrons. The van der Waals surface area contributed by atoms with Crippen molar-refractivity contribution in [2.75, 3.05) is 5.73 Å². The van der Waals surface area contributed by atoms with Crippen LogP contribution >= 0.6 is 11.3 Å². The van der Waals surface area contributed by atoms with Gasteiger partial charge in [-0.2, -0.15) is 0 Å².